The van der Waals surface area contributed by atoms with E-state index in [4.69, 9.17) is 11.6 Å². The third-order valence-corrected chi connectivity index (χ3v) is 4.92. The maximum Gasteiger partial charge on any atom is 0.127 e. The highest BCUT2D eigenvalue weighted by atomic mass is 35.5. The van der Waals surface area contributed by atoms with E-state index >= 15 is 0 Å². The van der Waals surface area contributed by atoms with Gasteiger partial charge in [0, 0.05) is 27.3 Å². The Morgan fingerprint density at radius 3 is 2.52 bits per heavy atom. The van der Waals surface area contributed by atoms with Crippen LogP contribution in [0.3, 0.4) is 0 Å². The maximum atomic E-state index is 13.8. The van der Waals surface area contributed by atoms with E-state index in [2.05, 4.69) is 36.5 Å². The van der Waals surface area contributed by atoms with Crippen LogP contribution in [0.2, 0.25) is 5.02 Å². The molecule has 4 heteroatoms. The third kappa shape index (κ3) is 4.73. The number of aryl methyl sites for hydroxylation is 1. The lowest BCUT2D eigenvalue weighted by Crippen LogP contribution is -2.30. The van der Waals surface area contributed by atoms with Crippen molar-refractivity contribution in [3.05, 3.63) is 64.4 Å². The largest absolute Gasteiger partial charge is 0.316 e. The molecule has 1 unspecified atom stereocenters. The van der Waals surface area contributed by atoms with E-state index in [9.17, 15) is 4.39 Å². The molecule has 0 spiro atoms. The standard InChI is InChI=1S/C17H19ClFNS/c1-12-6-8-14(9-7-12)21-11-13(20-2)10-15-16(18)4-3-5-17(15)19/h3-9,13,20H,10-11H2,1-2H3. The minimum atomic E-state index is -0.233. The number of halogens is 2. The third-order valence-electron chi connectivity index (χ3n) is 3.39. The zero-order chi connectivity index (χ0) is 15.2. The molecule has 0 heterocycles. The Hall–Kier alpha value is -1.03. The fraction of sp³-hybridized carbons (Fsp3) is 0.294. The quantitative estimate of drug-likeness (QED) is 0.773. The maximum absolute atomic E-state index is 13.8. The van der Waals surface area contributed by atoms with Crippen molar-refractivity contribution in [1.82, 2.24) is 5.32 Å². The Bertz CT molecular complexity index is 566. The molecule has 0 amide bonds. The number of likely N-dealkylation sites (N-methyl/N-ethyl adjacent to an activating group) is 1. The number of hydrogen-bond acceptors (Lipinski definition) is 2. The summed E-state index contributed by atoms with van der Waals surface area (Å²) in [6.07, 6.45) is 0.584. The van der Waals surface area contributed by atoms with Crippen LogP contribution in [-0.4, -0.2) is 18.8 Å². The van der Waals surface area contributed by atoms with Gasteiger partial charge in [-0.1, -0.05) is 35.4 Å². The summed E-state index contributed by atoms with van der Waals surface area (Å²) in [6, 6.07) is 13.4. The second-order valence-corrected chi connectivity index (χ2v) is 6.51. The average molecular weight is 324 g/mol. The van der Waals surface area contributed by atoms with E-state index in [-0.39, 0.29) is 11.9 Å². The van der Waals surface area contributed by atoms with Crippen molar-refractivity contribution < 1.29 is 4.39 Å². The summed E-state index contributed by atoms with van der Waals surface area (Å²) in [5.74, 6) is 0.632. The minimum Gasteiger partial charge on any atom is -0.316 e. The fourth-order valence-corrected chi connectivity index (χ4v) is 3.30. The molecule has 2 aromatic rings. The van der Waals surface area contributed by atoms with Gasteiger partial charge in [-0.3, -0.25) is 0 Å². The highest BCUT2D eigenvalue weighted by Crippen LogP contribution is 2.24. The molecule has 1 nitrogen and oxygen atoms in total. The van der Waals surface area contributed by atoms with Gasteiger partial charge >= 0.3 is 0 Å². The first-order valence-corrected chi connectivity index (χ1v) is 8.26. The highest BCUT2D eigenvalue weighted by molar-refractivity contribution is 7.99. The molecule has 0 saturated carbocycles. The topological polar surface area (TPSA) is 12.0 Å². The number of benzene rings is 2. The van der Waals surface area contributed by atoms with Gasteiger partial charge in [-0.25, -0.2) is 4.39 Å². The molecule has 0 aliphatic carbocycles. The van der Waals surface area contributed by atoms with Crippen LogP contribution in [0.25, 0.3) is 0 Å². The molecule has 2 aromatic carbocycles. The zero-order valence-electron chi connectivity index (χ0n) is 12.2. The van der Waals surface area contributed by atoms with Crippen LogP contribution in [0.4, 0.5) is 4.39 Å². The van der Waals surface area contributed by atoms with Gasteiger partial charge in [-0.2, -0.15) is 0 Å². The monoisotopic (exact) mass is 323 g/mol. The Balaban J connectivity index is 1.98. The molecule has 0 fully saturated rings. The number of hydrogen-bond donors (Lipinski definition) is 1. The molecule has 0 aromatic heterocycles. The summed E-state index contributed by atoms with van der Waals surface area (Å²) < 4.78 is 13.8. The summed E-state index contributed by atoms with van der Waals surface area (Å²) in [5, 5.41) is 3.74. The molecule has 1 N–H and O–H groups in total. The van der Waals surface area contributed by atoms with E-state index in [0.29, 0.717) is 17.0 Å². The van der Waals surface area contributed by atoms with Crippen LogP contribution in [-0.2, 0) is 6.42 Å². The first-order chi connectivity index (χ1) is 10.1. The highest BCUT2D eigenvalue weighted by Gasteiger charge is 2.14. The Labute approximate surface area is 134 Å². The minimum absolute atomic E-state index is 0.172. The molecule has 1 atom stereocenters. The van der Waals surface area contributed by atoms with Crippen molar-refractivity contribution in [3.63, 3.8) is 0 Å². The van der Waals surface area contributed by atoms with E-state index in [1.54, 1.807) is 23.9 Å². The van der Waals surface area contributed by atoms with E-state index in [0.717, 1.165) is 5.75 Å². The summed E-state index contributed by atoms with van der Waals surface area (Å²) in [6.45, 7) is 2.07. The first kappa shape index (κ1) is 16.3. The second kappa shape index (κ2) is 7.83. The predicted molar refractivity (Wildman–Crippen MR) is 89.9 cm³/mol. The lowest BCUT2D eigenvalue weighted by molar-refractivity contribution is 0.568. The van der Waals surface area contributed by atoms with E-state index in [1.807, 2.05) is 7.05 Å². The summed E-state index contributed by atoms with van der Waals surface area (Å²) in [5.41, 5.74) is 1.84. The van der Waals surface area contributed by atoms with Crippen LogP contribution >= 0.6 is 23.4 Å². The lowest BCUT2D eigenvalue weighted by atomic mass is 10.1. The van der Waals surface area contributed by atoms with Gasteiger partial charge in [-0.15, -0.1) is 11.8 Å². The van der Waals surface area contributed by atoms with Crippen LogP contribution in [0.1, 0.15) is 11.1 Å². The van der Waals surface area contributed by atoms with Gasteiger partial charge in [0.25, 0.3) is 0 Å². The van der Waals surface area contributed by atoms with Gasteiger partial charge in [0.2, 0.25) is 0 Å². The molecule has 0 aliphatic heterocycles. The van der Waals surface area contributed by atoms with Crippen molar-refractivity contribution in [2.45, 2.75) is 24.3 Å². The molecular weight excluding hydrogens is 305 g/mol. The van der Waals surface area contributed by atoms with Crippen LogP contribution in [0.5, 0.6) is 0 Å². The molecule has 21 heavy (non-hydrogen) atoms. The normalized spacial score (nSPS) is 12.4. The zero-order valence-corrected chi connectivity index (χ0v) is 13.8. The summed E-state index contributed by atoms with van der Waals surface area (Å²) in [4.78, 5) is 1.22. The van der Waals surface area contributed by atoms with Crippen molar-refractivity contribution in [1.29, 1.82) is 0 Å². The average Bonchev–Trinajstić information content (AvgIpc) is 2.48. The van der Waals surface area contributed by atoms with E-state index in [1.165, 1.54) is 16.5 Å². The molecule has 2 rings (SSSR count). The van der Waals surface area contributed by atoms with Crippen molar-refractivity contribution in [2.24, 2.45) is 0 Å². The van der Waals surface area contributed by atoms with E-state index < -0.39 is 0 Å². The fourth-order valence-electron chi connectivity index (χ4n) is 2.05. The molecular formula is C17H19ClFNS. The van der Waals surface area contributed by atoms with Crippen LogP contribution in [0.15, 0.2) is 47.4 Å². The van der Waals surface area contributed by atoms with Crippen molar-refractivity contribution in [3.8, 4) is 0 Å². The summed E-state index contributed by atoms with van der Waals surface area (Å²) in [7, 11) is 1.90. The number of rotatable bonds is 6. The number of thioether (sulfide) groups is 1. The molecule has 0 radical (unpaired) electrons. The van der Waals surface area contributed by atoms with Crippen LogP contribution < -0.4 is 5.32 Å². The van der Waals surface area contributed by atoms with Gasteiger partial charge in [0.15, 0.2) is 0 Å². The lowest BCUT2D eigenvalue weighted by Gasteiger charge is -2.17. The second-order valence-electron chi connectivity index (χ2n) is 5.01. The Morgan fingerprint density at radius 1 is 1.19 bits per heavy atom. The Kier molecular flexibility index (Phi) is 6.09. The molecule has 0 bridgehead atoms. The van der Waals surface area contributed by atoms with Gasteiger partial charge in [-0.05, 0) is 44.7 Å². The first-order valence-electron chi connectivity index (χ1n) is 6.89. The summed E-state index contributed by atoms with van der Waals surface area (Å²) >= 11 is 7.86. The SMILES string of the molecule is CNC(CSc1ccc(C)cc1)Cc1c(F)cccc1Cl. The molecule has 0 aliphatic rings. The van der Waals surface area contributed by atoms with Crippen molar-refractivity contribution >= 4 is 23.4 Å². The van der Waals surface area contributed by atoms with Gasteiger partial charge in [0.05, 0.1) is 0 Å². The molecule has 0 saturated heterocycles. The van der Waals surface area contributed by atoms with Gasteiger partial charge in [0.1, 0.15) is 5.82 Å². The van der Waals surface area contributed by atoms with Crippen molar-refractivity contribution in [2.75, 3.05) is 12.8 Å². The van der Waals surface area contributed by atoms with Crippen LogP contribution in [0, 0.1) is 12.7 Å². The van der Waals surface area contributed by atoms with Gasteiger partial charge < -0.3 is 5.32 Å². The number of nitrogens with one attached hydrogen (secondary N) is 1. The Morgan fingerprint density at radius 2 is 1.90 bits per heavy atom. The predicted octanol–water partition coefficient (Wildman–Crippen LogP) is 4.71. The smallest absolute Gasteiger partial charge is 0.127 e. The molecule has 112 valence electrons.